The molecule has 1 aromatic rings. The lowest BCUT2D eigenvalue weighted by atomic mass is 9.85. The van der Waals surface area contributed by atoms with Crippen LogP contribution in [0.15, 0.2) is 24.3 Å². The highest BCUT2D eigenvalue weighted by atomic mass is 16.1. The summed E-state index contributed by atoms with van der Waals surface area (Å²) in [6.07, 6.45) is 3.08. The molecule has 0 spiro atoms. The molecule has 2 N–H and O–H groups in total. The standard InChI is InChI=1S/C16H24N2O/c1-12-5-3-7-15(9-12)18-16(19)10-13(2)14-6-4-8-17-11-14/h3,5,7,9,13-14,17H,4,6,8,10-11H2,1-2H3,(H,18,19). The van der Waals surface area contributed by atoms with E-state index in [1.54, 1.807) is 0 Å². The molecule has 0 aromatic heterocycles. The predicted octanol–water partition coefficient (Wildman–Crippen LogP) is 2.96. The average Bonchev–Trinajstić information content (AvgIpc) is 2.39. The van der Waals surface area contributed by atoms with Crippen LogP contribution < -0.4 is 10.6 Å². The SMILES string of the molecule is Cc1cccc(NC(=O)CC(C)C2CCCNC2)c1. The maximum Gasteiger partial charge on any atom is 0.224 e. The zero-order chi connectivity index (χ0) is 13.7. The summed E-state index contributed by atoms with van der Waals surface area (Å²) in [5, 5.41) is 6.41. The van der Waals surface area contributed by atoms with E-state index in [0.717, 1.165) is 18.8 Å². The van der Waals surface area contributed by atoms with Gasteiger partial charge in [-0.1, -0.05) is 19.1 Å². The van der Waals surface area contributed by atoms with E-state index in [9.17, 15) is 4.79 Å². The maximum atomic E-state index is 12.0. The number of anilines is 1. The number of piperidine rings is 1. The van der Waals surface area contributed by atoms with Gasteiger partial charge in [-0.25, -0.2) is 0 Å². The first-order chi connectivity index (χ1) is 9.15. The van der Waals surface area contributed by atoms with Crippen molar-refractivity contribution in [1.82, 2.24) is 5.32 Å². The van der Waals surface area contributed by atoms with Crippen molar-refractivity contribution in [3.05, 3.63) is 29.8 Å². The van der Waals surface area contributed by atoms with Crippen LogP contribution >= 0.6 is 0 Å². The lowest BCUT2D eigenvalue weighted by Crippen LogP contribution is -2.34. The van der Waals surface area contributed by atoms with E-state index in [-0.39, 0.29) is 5.91 Å². The largest absolute Gasteiger partial charge is 0.326 e. The molecule has 19 heavy (non-hydrogen) atoms. The molecule has 0 aliphatic carbocycles. The van der Waals surface area contributed by atoms with Crippen LogP contribution in [0.25, 0.3) is 0 Å². The van der Waals surface area contributed by atoms with E-state index in [0.29, 0.717) is 18.3 Å². The Morgan fingerprint density at radius 1 is 1.53 bits per heavy atom. The Morgan fingerprint density at radius 3 is 3.05 bits per heavy atom. The van der Waals surface area contributed by atoms with Crippen LogP contribution in [0.1, 0.15) is 31.7 Å². The number of rotatable bonds is 4. The summed E-state index contributed by atoms with van der Waals surface area (Å²) in [6.45, 7) is 6.40. The highest BCUT2D eigenvalue weighted by molar-refractivity contribution is 5.90. The van der Waals surface area contributed by atoms with Crippen molar-refractivity contribution < 1.29 is 4.79 Å². The van der Waals surface area contributed by atoms with E-state index in [2.05, 4.69) is 17.6 Å². The molecule has 104 valence electrons. The number of hydrogen-bond acceptors (Lipinski definition) is 2. The second-order valence-corrected chi connectivity index (χ2v) is 5.71. The smallest absolute Gasteiger partial charge is 0.224 e. The molecule has 2 unspecified atom stereocenters. The number of carbonyl (C=O) groups excluding carboxylic acids is 1. The zero-order valence-electron chi connectivity index (χ0n) is 11.9. The third-order valence-electron chi connectivity index (χ3n) is 3.95. The normalized spacial score (nSPS) is 20.8. The Hall–Kier alpha value is -1.35. The Balaban J connectivity index is 1.83. The molecule has 3 nitrogen and oxygen atoms in total. The van der Waals surface area contributed by atoms with Gasteiger partial charge < -0.3 is 10.6 Å². The first-order valence-electron chi connectivity index (χ1n) is 7.22. The van der Waals surface area contributed by atoms with Crippen LogP contribution in [0, 0.1) is 18.8 Å². The molecule has 2 rings (SSSR count). The lowest BCUT2D eigenvalue weighted by molar-refractivity contribution is -0.117. The fourth-order valence-electron chi connectivity index (χ4n) is 2.76. The number of aryl methyl sites for hydroxylation is 1. The molecule has 1 aliphatic rings. The Kier molecular flexibility index (Phi) is 4.97. The van der Waals surface area contributed by atoms with E-state index in [1.807, 2.05) is 31.2 Å². The number of benzene rings is 1. The third kappa shape index (κ3) is 4.35. The van der Waals surface area contributed by atoms with Crippen molar-refractivity contribution in [2.75, 3.05) is 18.4 Å². The van der Waals surface area contributed by atoms with Gasteiger partial charge >= 0.3 is 0 Å². The van der Waals surface area contributed by atoms with Gasteiger partial charge in [-0.05, 0) is 62.4 Å². The summed E-state index contributed by atoms with van der Waals surface area (Å²) >= 11 is 0. The van der Waals surface area contributed by atoms with Crippen molar-refractivity contribution >= 4 is 11.6 Å². The van der Waals surface area contributed by atoms with Gasteiger partial charge in [0, 0.05) is 12.1 Å². The summed E-state index contributed by atoms with van der Waals surface area (Å²) in [7, 11) is 0. The summed E-state index contributed by atoms with van der Waals surface area (Å²) in [4.78, 5) is 12.0. The fourth-order valence-corrected chi connectivity index (χ4v) is 2.76. The van der Waals surface area contributed by atoms with Crippen molar-refractivity contribution in [2.24, 2.45) is 11.8 Å². The molecule has 0 radical (unpaired) electrons. The maximum absolute atomic E-state index is 12.0. The molecule has 1 fully saturated rings. The quantitative estimate of drug-likeness (QED) is 0.874. The minimum Gasteiger partial charge on any atom is -0.326 e. The van der Waals surface area contributed by atoms with E-state index in [4.69, 9.17) is 0 Å². The van der Waals surface area contributed by atoms with Gasteiger partial charge in [-0.15, -0.1) is 0 Å². The summed E-state index contributed by atoms with van der Waals surface area (Å²) in [5.41, 5.74) is 2.07. The van der Waals surface area contributed by atoms with Crippen LogP contribution in [0.5, 0.6) is 0 Å². The molecular formula is C16H24N2O. The van der Waals surface area contributed by atoms with Crippen LogP contribution in [0.4, 0.5) is 5.69 Å². The first kappa shape index (κ1) is 14.1. The molecular weight excluding hydrogens is 236 g/mol. The topological polar surface area (TPSA) is 41.1 Å². The molecule has 1 heterocycles. The Morgan fingerprint density at radius 2 is 2.37 bits per heavy atom. The number of amides is 1. The average molecular weight is 260 g/mol. The number of nitrogens with one attached hydrogen (secondary N) is 2. The second kappa shape index (κ2) is 6.71. The van der Waals surface area contributed by atoms with E-state index >= 15 is 0 Å². The first-order valence-corrected chi connectivity index (χ1v) is 7.22. The highest BCUT2D eigenvalue weighted by Gasteiger charge is 2.21. The van der Waals surface area contributed by atoms with Gasteiger partial charge in [0.2, 0.25) is 5.91 Å². The van der Waals surface area contributed by atoms with Crippen LogP contribution in [0.2, 0.25) is 0 Å². The monoisotopic (exact) mass is 260 g/mol. The zero-order valence-corrected chi connectivity index (χ0v) is 11.9. The van der Waals surface area contributed by atoms with Crippen LogP contribution in [-0.4, -0.2) is 19.0 Å². The molecule has 0 saturated carbocycles. The summed E-state index contributed by atoms with van der Waals surface area (Å²) in [6, 6.07) is 7.95. The molecule has 0 bridgehead atoms. The number of hydrogen-bond donors (Lipinski definition) is 2. The van der Waals surface area contributed by atoms with Gasteiger partial charge in [0.05, 0.1) is 0 Å². The van der Waals surface area contributed by atoms with Crippen molar-refractivity contribution in [2.45, 2.75) is 33.1 Å². The van der Waals surface area contributed by atoms with Crippen LogP contribution in [0.3, 0.4) is 0 Å². The Bertz CT molecular complexity index is 425. The minimum atomic E-state index is 0.128. The minimum absolute atomic E-state index is 0.128. The summed E-state index contributed by atoms with van der Waals surface area (Å²) in [5.74, 6) is 1.21. The molecule has 1 aromatic carbocycles. The van der Waals surface area contributed by atoms with Crippen molar-refractivity contribution in [3.63, 3.8) is 0 Å². The summed E-state index contributed by atoms with van der Waals surface area (Å²) < 4.78 is 0. The molecule has 1 aliphatic heterocycles. The molecule has 1 saturated heterocycles. The lowest BCUT2D eigenvalue weighted by Gasteiger charge is -2.28. The number of carbonyl (C=O) groups is 1. The van der Waals surface area contributed by atoms with Crippen molar-refractivity contribution in [3.8, 4) is 0 Å². The van der Waals surface area contributed by atoms with E-state index in [1.165, 1.54) is 18.4 Å². The fraction of sp³-hybridized carbons (Fsp3) is 0.562. The molecule has 3 heteroatoms. The van der Waals surface area contributed by atoms with Gasteiger partial charge in [0.15, 0.2) is 0 Å². The van der Waals surface area contributed by atoms with Crippen molar-refractivity contribution in [1.29, 1.82) is 0 Å². The molecule has 1 amide bonds. The molecule has 2 atom stereocenters. The highest BCUT2D eigenvalue weighted by Crippen LogP contribution is 2.23. The second-order valence-electron chi connectivity index (χ2n) is 5.71. The van der Waals surface area contributed by atoms with Gasteiger partial charge in [0.1, 0.15) is 0 Å². The third-order valence-corrected chi connectivity index (χ3v) is 3.95. The predicted molar refractivity (Wildman–Crippen MR) is 79.2 cm³/mol. The van der Waals surface area contributed by atoms with E-state index < -0.39 is 0 Å². The van der Waals surface area contributed by atoms with Crippen LogP contribution in [-0.2, 0) is 4.79 Å². The Labute approximate surface area is 115 Å². The van der Waals surface area contributed by atoms with Gasteiger partial charge in [0.25, 0.3) is 0 Å². The van der Waals surface area contributed by atoms with Gasteiger partial charge in [-0.3, -0.25) is 4.79 Å². The van der Waals surface area contributed by atoms with Gasteiger partial charge in [-0.2, -0.15) is 0 Å².